The van der Waals surface area contributed by atoms with Crippen LogP contribution in [0.1, 0.15) is 34.3 Å². The van der Waals surface area contributed by atoms with Crippen LogP contribution >= 0.6 is 12.2 Å². The Morgan fingerprint density at radius 2 is 1.94 bits per heavy atom. The van der Waals surface area contributed by atoms with Gasteiger partial charge in [-0.15, -0.1) is 0 Å². The Morgan fingerprint density at radius 1 is 1.14 bits per heavy atom. The number of hydrogen-bond acceptors (Lipinski definition) is 6. The van der Waals surface area contributed by atoms with E-state index >= 15 is 0 Å². The Hall–Kier alpha value is -3.32. The molecule has 2 aromatic carbocycles. The van der Waals surface area contributed by atoms with Gasteiger partial charge in [0.25, 0.3) is 11.5 Å². The quantitative estimate of drug-likeness (QED) is 0.403. The first-order valence-electron chi connectivity index (χ1n) is 11.8. The molecule has 1 fully saturated rings. The van der Waals surface area contributed by atoms with Gasteiger partial charge in [-0.25, -0.2) is 0 Å². The van der Waals surface area contributed by atoms with E-state index in [1.54, 1.807) is 25.3 Å². The summed E-state index contributed by atoms with van der Waals surface area (Å²) in [5, 5.41) is 9.49. The molecule has 0 unspecified atom stereocenters. The number of nitrogens with one attached hydrogen (secondary N) is 1. The minimum absolute atomic E-state index is 0.0456. The number of benzene rings is 2. The molecule has 182 valence electrons. The summed E-state index contributed by atoms with van der Waals surface area (Å²) in [6, 6.07) is 14.9. The van der Waals surface area contributed by atoms with Gasteiger partial charge in [0.2, 0.25) is 0 Å². The summed E-state index contributed by atoms with van der Waals surface area (Å²) in [5.74, 6) is -0.0456. The Balaban J connectivity index is 1.45. The fourth-order valence-electron chi connectivity index (χ4n) is 4.42. The Kier molecular flexibility index (Phi) is 8.08. The number of fused-ring (bicyclic) bond motifs is 1. The van der Waals surface area contributed by atoms with Crippen LogP contribution in [0.3, 0.4) is 0 Å². The number of carbonyl (C=O) groups excluding carboxylic acids is 1. The van der Waals surface area contributed by atoms with Gasteiger partial charge in [0.05, 0.1) is 22.5 Å². The van der Waals surface area contributed by atoms with Crippen molar-refractivity contribution >= 4 is 29.0 Å². The summed E-state index contributed by atoms with van der Waals surface area (Å²) in [4.78, 5) is 33.5. The third-order valence-electron chi connectivity index (χ3n) is 6.32. The number of amides is 1. The molecule has 0 saturated carbocycles. The van der Waals surface area contributed by atoms with Crippen LogP contribution in [0.4, 0.5) is 0 Å². The lowest BCUT2D eigenvalue weighted by Gasteiger charge is -2.22. The Morgan fingerprint density at radius 3 is 2.69 bits per heavy atom. The number of ether oxygens (including phenoxy) is 1. The van der Waals surface area contributed by atoms with Crippen molar-refractivity contribution in [3.8, 4) is 6.07 Å². The van der Waals surface area contributed by atoms with Crippen LogP contribution in [0.25, 0.3) is 10.9 Å². The first-order valence-corrected chi connectivity index (χ1v) is 12.2. The second-order valence-corrected chi connectivity index (χ2v) is 9.11. The van der Waals surface area contributed by atoms with Crippen molar-refractivity contribution in [3.05, 3.63) is 74.3 Å². The van der Waals surface area contributed by atoms with Crippen LogP contribution in [-0.2, 0) is 17.8 Å². The maximum atomic E-state index is 13.3. The lowest BCUT2D eigenvalue weighted by atomic mass is 10.1. The topological polar surface area (TPSA) is 94.4 Å². The van der Waals surface area contributed by atoms with Crippen molar-refractivity contribution < 1.29 is 9.53 Å². The molecule has 35 heavy (non-hydrogen) atoms. The van der Waals surface area contributed by atoms with E-state index in [4.69, 9.17) is 22.2 Å². The monoisotopic (exact) mass is 491 g/mol. The van der Waals surface area contributed by atoms with Crippen LogP contribution < -0.4 is 5.56 Å². The van der Waals surface area contributed by atoms with Crippen molar-refractivity contribution in [3.63, 3.8) is 0 Å². The molecule has 0 spiro atoms. The smallest absolute Gasteiger partial charge is 0.262 e. The number of nitriles is 1. The lowest BCUT2D eigenvalue weighted by Crippen LogP contribution is -2.35. The van der Waals surface area contributed by atoms with Gasteiger partial charge in [0, 0.05) is 58.5 Å². The number of H-pyrrole nitrogens is 1. The van der Waals surface area contributed by atoms with E-state index in [9.17, 15) is 9.59 Å². The molecule has 0 aliphatic carbocycles. The van der Waals surface area contributed by atoms with Crippen LogP contribution in [0, 0.1) is 16.1 Å². The summed E-state index contributed by atoms with van der Waals surface area (Å²) in [6.07, 6.45) is 1.57. The molecule has 9 heteroatoms. The number of rotatable bonds is 7. The molecule has 0 radical (unpaired) electrons. The highest BCUT2D eigenvalue weighted by Gasteiger charge is 2.21. The van der Waals surface area contributed by atoms with Gasteiger partial charge in [-0.2, -0.15) is 5.26 Å². The normalized spacial score (nSPS) is 14.6. The molecule has 1 N–H and O–H groups in total. The molecule has 3 aromatic rings. The standard InChI is InChI=1S/C26H29N5O3S/c1-34-15-3-12-31-25(33)22-9-8-21(16-23(22)28-26(31)35)24(32)30-11-2-10-29(13-14-30)18-20-6-4-19(17-27)5-7-20/h4-9,16H,2-3,10-15,18H2,1H3,(H,28,35). The molecule has 8 nitrogen and oxygen atoms in total. The van der Waals surface area contributed by atoms with Crippen LogP contribution in [0.2, 0.25) is 0 Å². The molecule has 2 heterocycles. The highest BCUT2D eigenvalue weighted by atomic mass is 32.1. The van der Waals surface area contributed by atoms with Gasteiger partial charge in [-0.3, -0.25) is 19.1 Å². The fraction of sp³-hybridized carbons (Fsp3) is 0.385. The molecular formula is C26H29N5O3S. The summed E-state index contributed by atoms with van der Waals surface area (Å²) in [6.45, 7) is 4.79. The summed E-state index contributed by atoms with van der Waals surface area (Å²) in [5.41, 5.74) is 2.77. The zero-order valence-corrected chi connectivity index (χ0v) is 20.6. The summed E-state index contributed by atoms with van der Waals surface area (Å²) >= 11 is 5.40. The zero-order valence-electron chi connectivity index (χ0n) is 19.8. The zero-order chi connectivity index (χ0) is 24.8. The number of carbonyl (C=O) groups is 1. The van der Waals surface area contributed by atoms with Crippen LogP contribution in [-0.4, -0.2) is 65.2 Å². The highest BCUT2D eigenvalue weighted by Crippen LogP contribution is 2.16. The SMILES string of the molecule is COCCCn1c(=S)[nH]c2cc(C(=O)N3CCCN(Cc4ccc(C#N)cc4)CC3)ccc2c1=O. The molecule has 1 saturated heterocycles. The highest BCUT2D eigenvalue weighted by molar-refractivity contribution is 7.71. The van der Waals surface area contributed by atoms with E-state index in [1.807, 2.05) is 29.2 Å². The largest absolute Gasteiger partial charge is 0.385 e. The number of hydrogen-bond donors (Lipinski definition) is 1. The van der Waals surface area contributed by atoms with Gasteiger partial charge in [-0.05, 0) is 61.0 Å². The maximum Gasteiger partial charge on any atom is 0.262 e. The Labute approximate surface area is 209 Å². The molecule has 1 aliphatic heterocycles. The minimum Gasteiger partial charge on any atom is -0.385 e. The molecule has 0 atom stereocenters. The average Bonchev–Trinajstić information content (AvgIpc) is 3.11. The van der Waals surface area contributed by atoms with Crippen molar-refractivity contribution in [2.45, 2.75) is 25.9 Å². The predicted octanol–water partition coefficient (Wildman–Crippen LogP) is 3.32. The van der Waals surface area contributed by atoms with E-state index in [2.05, 4.69) is 16.0 Å². The van der Waals surface area contributed by atoms with E-state index in [1.165, 1.54) is 4.57 Å². The van der Waals surface area contributed by atoms with Gasteiger partial charge in [-0.1, -0.05) is 12.1 Å². The average molecular weight is 492 g/mol. The Bertz CT molecular complexity index is 1360. The molecular weight excluding hydrogens is 462 g/mol. The van der Waals surface area contributed by atoms with Crippen molar-refractivity contribution in [2.24, 2.45) is 0 Å². The minimum atomic E-state index is -0.160. The van der Waals surface area contributed by atoms with E-state index in [0.717, 1.165) is 31.6 Å². The second kappa shape index (κ2) is 11.4. The fourth-order valence-corrected chi connectivity index (χ4v) is 4.70. The van der Waals surface area contributed by atoms with Crippen LogP contribution in [0.15, 0.2) is 47.3 Å². The number of nitrogens with zero attached hydrogens (tertiary/aromatic N) is 4. The molecule has 1 amide bonds. The second-order valence-electron chi connectivity index (χ2n) is 8.72. The molecule has 4 rings (SSSR count). The lowest BCUT2D eigenvalue weighted by molar-refractivity contribution is 0.0761. The van der Waals surface area contributed by atoms with E-state index in [-0.39, 0.29) is 11.5 Å². The maximum absolute atomic E-state index is 13.3. The van der Waals surface area contributed by atoms with Crippen molar-refractivity contribution in [1.29, 1.82) is 5.26 Å². The third kappa shape index (κ3) is 5.85. The van der Waals surface area contributed by atoms with Gasteiger partial charge < -0.3 is 14.6 Å². The van der Waals surface area contributed by atoms with E-state index in [0.29, 0.717) is 59.5 Å². The molecule has 1 aliphatic rings. The number of methoxy groups -OCH3 is 1. The summed E-state index contributed by atoms with van der Waals surface area (Å²) < 4.78 is 6.95. The molecule has 0 bridgehead atoms. The first kappa shape index (κ1) is 24.8. The van der Waals surface area contributed by atoms with Gasteiger partial charge in [0.1, 0.15) is 0 Å². The van der Waals surface area contributed by atoms with Crippen molar-refractivity contribution in [2.75, 3.05) is 39.9 Å². The number of aromatic nitrogens is 2. The summed E-state index contributed by atoms with van der Waals surface area (Å²) in [7, 11) is 1.62. The van der Waals surface area contributed by atoms with Gasteiger partial charge in [0.15, 0.2) is 4.77 Å². The third-order valence-corrected chi connectivity index (χ3v) is 6.65. The van der Waals surface area contributed by atoms with Crippen LogP contribution in [0.5, 0.6) is 0 Å². The van der Waals surface area contributed by atoms with Gasteiger partial charge >= 0.3 is 0 Å². The van der Waals surface area contributed by atoms with E-state index < -0.39 is 0 Å². The van der Waals surface area contributed by atoms with Crippen molar-refractivity contribution in [1.82, 2.24) is 19.4 Å². The molecule has 1 aromatic heterocycles. The first-order chi connectivity index (χ1) is 17.0. The number of aromatic amines is 1. The predicted molar refractivity (Wildman–Crippen MR) is 137 cm³/mol.